The first-order valence-corrected chi connectivity index (χ1v) is 4.42. The third kappa shape index (κ3) is 3.44. The highest BCUT2D eigenvalue weighted by atomic mass is 35.5. The highest BCUT2D eigenvalue weighted by Gasteiger charge is 2.21. The average molecular weight is 239 g/mol. The van der Waals surface area contributed by atoms with Crippen molar-refractivity contribution in [2.45, 2.75) is 31.8 Å². The Hall–Kier alpha value is -0.320. The van der Waals surface area contributed by atoms with Crippen LogP contribution in [0.5, 0.6) is 0 Å². The largest absolute Gasteiger partial charge is 0.328 e. The normalized spacial score (nSPS) is 25.2. The molecule has 2 rings (SSSR count). The van der Waals surface area contributed by atoms with E-state index in [9.17, 15) is 0 Å². The van der Waals surface area contributed by atoms with Crippen LogP contribution < -0.4 is 5.73 Å². The van der Waals surface area contributed by atoms with Crippen LogP contribution in [0, 0.1) is 5.92 Å². The molecular formula is C8H16Cl2N4. The lowest BCUT2D eigenvalue weighted by Crippen LogP contribution is -2.16. The van der Waals surface area contributed by atoms with Gasteiger partial charge in [0.15, 0.2) is 0 Å². The summed E-state index contributed by atoms with van der Waals surface area (Å²) in [7, 11) is 0. The summed E-state index contributed by atoms with van der Waals surface area (Å²) in [6, 6.07) is 0.415. The first-order valence-electron chi connectivity index (χ1n) is 4.42. The van der Waals surface area contributed by atoms with Gasteiger partial charge in [-0.15, -0.1) is 24.8 Å². The maximum absolute atomic E-state index is 5.81. The van der Waals surface area contributed by atoms with E-state index < -0.39 is 0 Å². The highest BCUT2D eigenvalue weighted by Crippen LogP contribution is 2.24. The summed E-state index contributed by atoms with van der Waals surface area (Å²) in [5.41, 5.74) is 5.81. The number of aromatic nitrogens is 3. The first kappa shape index (κ1) is 13.7. The summed E-state index contributed by atoms with van der Waals surface area (Å²) in [4.78, 5) is 3.90. The van der Waals surface area contributed by atoms with Gasteiger partial charge >= 0.3 is 0 Å². The molecule has 1 saturated carbocycles. The van der Waals surface area contributed by atoms with Crippen LogP contribution in [-0.4, -0.2) is 20.8 Å². The van der Waals surface area contributed by atoms with Gasteiger partial charge in [0.1, 0.15) is 12.7 Å². The van der Waals surface area contributed by atoms with E-state index in [2.05, 4.69) is 10.1 Å². The molecule has 6 heteroatoms. The van der Waals surface area contributed by atoms with E-state index in [1.54, 1.807) is 12.7 Å². The van der Waals surface area contributed by atoms with Crippen molar-refractivity contribution in [2.24, 2.45) is 11.7 Å². The van der Waals surface area contributed by atoms with Gasteiger partial charge in [0.25, 0.3) is 0 Å². The molecule has 1 aromatic heterocycles. The Balaban J connectivity index is 0.000000845. The molecule has 0 bridgehead atoms. The van der Waals surface area contributed by atoms with Crippen molar-refractivity contribution >= 4 is 24.8 Å². The Morgan fingerprint density at radius 2 is 2.14 bits per heavy atom. The molecular weight excluding hydrogens is 223 g/mol. The molecule has 82 valence electrons. The van der Waals surface area contributed by atoms with Crippen molar-refractivity contribution in [3.05, 3.63) is 12.7 Å². The molecule has 1 heterocycles. The summed E-state index contributed by atoms with van der Waals surface area (Å²) in [5, 5.41) is 4.07. The molecule has 2 N–H and O–H groups in total. The number of rotatable bonds is 2. The fourth-order valence-electron chi connectivity index (χ4n) is 1.87. The standard InChI is InChI=1S/C8H14N4.2ClH/c9-8-2-1-7(3-8)4-12-6-10-5-11-12;;/h5-8H,1-4,9H2;2*1H/t7-,8+;;/m1../s1. The lowest BCUT2D eigenvalue weighted by Gasteiger charge is -2.07. The first-order chi connectivity index (χ1) is 5.84. The molecule has 0 saturated heterocycles. The maximum Gasteiger partial charge on any atom is 0.137 e. The smallest absolute Gasteiger partial charge is 0.137 e. The van der Waals surface area contributed by atoms with E-state index in [1.807, 2.05) is 4.68 Å². The minimum atomic E-state index is 0. The van der Waals surface area contributed by atoms with Crippen molar-refractivity contribution in [3.63, 3.8) is 0 Å². The molecule has 4 nitrogen and oxygen atoms in total. The van der Waals surface area contributed by atoms with Crippen LogP contribution in [0.4, 0.5) is 0 Å². The second kappa shape index (κ2) is 6.22. The van der Waals surface area contributed by atoms with E-state index in [0.29, 0.717) is 12.0 Å². The van der Waals surface area contributed by atoms with Crippen LogP contribution in [0.3, 0.4) is 0 Å². The van der Waals surface area contributed by atoms with E-state index in [-0.39, 0.29) is 24.8 Å². The number of hydrogen-bond acceptors (Lipinski definition) is 3. The summed E-state index contributed by atoms with van der Waals surface area (Å²) in [6.45, 7) is 0.980. The van der Waals surface area contributed by atoms with Crippen molar-refractivity contribution in [1.29, 1.82) is 0 Å². The second-order valence-electron chi connectivity index (χ2n) is 3.56. The van der Waals surface area contributed by atoms with Crippen LogP contribution in [0.15, 0.2) is 12.7 Å². The Kier molecular flexibility index (Phi) is 6.08. The average Bonchev–Trinajstić information content (AvgIpc) is 2.63. The molecule has 1 fully saturated rings. The Morgan fingerprint density at radius 3 is 2.64 bits per heavy atom. The minimum absolute atomic E-state index is 0. The van der Waals surface area contributed by atoms with Gasteiger partial charge in [-0.3, -0.25) is 4.68 Å². The number of halogens is 2. The lowest BCUT2D eigenvalue weighted by molar-refractivity contribution is 0.423. The Morgan fingerprint density at radius 1 is 1.36 bits per heavy atom. The maximum atomic E-state index is 5.81. The minimum Gasteiger partial charge on any atom is -0.328 e. The second-order valence-corrected chi connectivity index (χ2v) is 3.56. The lowest BCUT2D eigenvalue weighted by atomic mass is 10.1. The van der Waals surface area contributed by atoms with Crippen molar-refractivity contribution in [2.75, 3.05) is 0 Å². The van der Waals surface area contributed by atoms with Gasteiger partial charge in [-0.2, -0.15) is 5.10 Å². The monoisotopic (exact) mass is 238 g/mol. The van der Waals surface area contributed by atoms with Gasteiger partial charge in [-0.1, -0.05) is 0 Å². The zero-order valence-electron chi connectivity index (χ0n) is 7.87. The zero-order chi connectivity index (χ0) is 8.39. The van der Waals surface area contributed by atoms with Crippen molar-refractivity contribution in [1.82, 2.24) is 14.8 Å². The fourth-order valence-corrected chi connectivity index (χ4v) is 1.87. The predicted molar refractivity (Wildman–Crippen MR) is 59.8 cm³/mol. The van der Waals surface area contributed by atoms with Crippen LogP contribution in [-0.2, 0) is 6.54 Å². The summed E-state index contributed by atoms with van der Waals surface area (Å²) >= 11 is 0. The molecule has 1 aliphatic carbocycles. The number of hydrogen-bond donors (Lipinski definition) is 1. The molecule has 0 aliphatic heterocycles. The van der Waals surface area contributed by atoms with E-state index in [0.717, 1.165) is 13.0 Å². The van der Waals surface area contributed by atoms with Gasteiger partial charge in [-0.05, 0) is 25.2 Å². The Labute approximate surface area is 96.1 Å². The quantitative estimate of drug-likeness (QED) is 0.844. The Bertz CT molecular complexity index is 239. The van der Waals surface area contributed by atoms with E-state index in [4.69, 9.17) is 5.73 Å². The molecule has 0 aromatic carbocycles. The van der Waals surface area contributed by atoms with E-state index >= 15 is 0 Å². The summed E-state index contributed by atoms with van der Waals surface area (Å²) < 4.78 is 1.89. The highest BCUT2D eigenvalue weighted by molar-refractivity contribution is 5.85. The zero-order valence-corrected chi connectivity index (χ0v) is 9.51. The van der Waals surface area contributed by atoms with Gasteiger partial charge < -0.3 is 5.73 Å². The van der Waals surface area contributed by atoms with Gasteiger partial charge in [0.05, 0.1) is 0 Å². The molecule has 14 heavy (non-hydrogen) atoms. The molecule has 0 unspecified atom stereocenters. The third-order valence-corrected chi connectivity index (χ3v) is 2.49. The van der Waals surface area contributed by atoms with Crippen molar-refractivity contribution in [3.8, 4) is 0 Å². The molecule has 1 aromatic rings. The van der Waals surface area contributed by atoms with Crippen LogP contribution >= 0.6 is 24.8 Å². The predicted octanol–water partition coefficient (Wildman–Crippen LogP) is 1.25. The van der Waals surface area contributed by atoms with Crippen LogP contribution in [0.1, 0.15) is 19.3 Å². The number of nitrogens with zero attached hydrogens (tertiary/aromatic N) is 3. The molecule has 2 atom stereocenters. The van der Waals surface area contributed by atoms with Crippen LogP contribution in [0.2, 0.25) is 0 Å². The molecule has 0 amide bonds. The fraction of sp³-hybridized carbons (Fsp3) is 0.750. The molecule has 0 radical (unpaired) electrons. The van der Waals surface area contributed by atoms with Crippen LogP contribution in [0.25, 0.3) is 0 Å². The summed E-state index contributed by atoms with van der Waals surface area (Å²) in [5.74, 6) is 0.710. The SMILES string of the molecule is Cl.Cl.N[C@H]1CC[C@@H](Cn2cncn2)C1. The van der Waals surface area contributed by atoms with Crippen molar-refractivity contribution < 1.29 is 0 Å². The van der Waals surface area contributed by atoms with Gasteiger partial charge in [0, 0.05) is 12.6 Å². The number of nitrogens with two attached hydrogens (primary N) is 1. The topological polar surface area (TPSA) is 56.7 Å². The van der Waals surface area contributed by atoms with E-state index in [1.165, 1.54) is 12.8 Å². The van der Waals surface area contributed by atoms with Gasteiger partial charge in [-0.25, -0.2) is 4.98 Å². The molecule has 0 spiro atoms. The summed E-state index contributed by atoms with van der Waals surface area (Å²) in [6.07, 6.45) is 6.89. The molecule has 1 aliphatic rings. The van der Waals surface area contributed by atoms with Gasteiger partial charge in [0.2, 0.25) is 0 Å². The third-order valence-electron chi connectivity index (χ3n) is 2.49.